The summed E-state index contributed by atoms with van der Waals surface area (Å²) in [6.07, 6.45) is 4.42. The maximum absolute atomic E-state index is 12.3. The molecule has 6 nitrogen and oxygen atoms in total. The highest BCUT2D eigenvalue weighted by molar-refractivity contribution is 5.89. The molecule has 1 aliphatic heterocycles. The highest BCUT2D eigenvalue weighted by Gasteiger charge is 2.34. The fourth-order valence-corrected chi connectivity index (χ4v) is 3.02. The van der Waals surface area contributed by atoms with Crippen LogP contribution in [0.5, 0.6) is 0 Å². The predicted octanol–water partition coefficient (Wildman–Crippen LogP) is 1.49. The van der Waals surface area contributed by atoms with Crippen LogP contribution in [0.15, 0.2) is 42.7 Å². The second-order valence-electron chi connectivity index (χ2n) is 6.30. The monoisotopic (exact) mass is 338 g/mol. The van der Waals surface area contributed by atoms with E-state index in [2.05, 4.69) is 15.3 Å². The number of nitrogens with one attached hydrogen (secondary N) is 1. The van der Waals surface area contributed by atoms with Gasteiger partial charge in [-0.1, -0.05) is 12.1 Å². The van der Waals surface area contributed by atoms with E-state index in [4.69, 9.17) is 0 Å². The molecule has 2 aromatic rings. The van der Waals surface area contributed by atoms with Gasteiger partial charge in [-0.15, -0.1) is 0 Å². The summed E-state index contributed by atoms with van der Waals surface area (Å²) >= 11 is 0. The molecular formula is C19H22N4O2. The van der Waals surface area contributed by atoms with E-state index in [-0.39, 0.29) is 24.2 Å². The zero-order valence-corrected chi connectivity index (χ0v) is 14.3. The molecular weight excluding hydrogens is 316 g/mol. The number of rotatable bonds is 6. The first kappa shape index (κ1) is 17.1. The third-order valence-corrected chi connectivity index (χ3v) is 4.44. The molecule has 130 valence electrons. The molecule has 1 N–H and O–H groups in total. The first-order valence-electron chi connectivity index (χ1n) is 8.49. The van der Waals surface area contributed by atoms with Gasteiger partial charge < -0.3 is 10.2 Å². The zero-order valence-electron chi connectivity index (χ0n) is 14.3. The minimum atomic E-state index is -0.291. The van der Waals surface area contributed by atoms with Gasteiger partial charge in [-0.25, -0.2) is 0 Å². The highest BCUT2D eigenvalue weighted by Crippen LogP contribution is 2.19. The van der Waals surface area contributed by atoms with Crippen LogP contribution in [-0.4, -0.2) is 39.8 Å². The number of nitrogens with zero attached hydrogens (tertiary/aromatic N) is 3. The number of aromatic nitrogens is 2. The normalized spacial score (nSPS) is 16.9. The van der Waals surface area contributed by atoms with Crippen LogP contribution < -0.4 is 5.32 Å². The smallest absolute Gasteiger partial charge is 0.225 e. The number of carbonyl (C=O) groups excluding carboxylic acids is 2. The quantitative estimate of drug-likeness (QED) is 0.866. The zero-order chi connectivity index (χ0) is 17.6. The average Bonchev–Trinajstić information content (AvgIpc) is 2.98. The van der Waals surface area contributed by atoms with Crippen molar-refractivity contribution in [3.05, 3.63) is 59.7 Å². The third-order valence-electron chi connectivity index (χ3n) is 4.44. The van der Waals surface area contributed by atoms with Gasteiger partial charge in [0.1, 0.15) is 0 Å². The summed E-state index contributed by atoms with van der Waals surface area (Å²) in [5, 5.41) is 2.93. The van der Waals surface area contributed by atoms with Crippen molar-refractivity contribution in [2.75, 3.05) is 13.1 Å². The molecule has 1 atom stereocenters. The van der Waals surface area contributed by atoms with Crippen LogP contribution in [-0.2, 0) is 22.6 Å². The second-order valence-corrected chi connectivity index (χ2v) is 6.30. The van der Waals surface area contributed by atoms with Crippen molar-refractivity contribution in [2.45, 2.75) is 26.3 Å². The topological polar surface area (TPSA) is 75.2 Å². The van der Waals surface area contributed by atoms with Crippen molar-refractivity contribution in [3.8, 4) is 0 Å². The standard InChI is InChI=1S/C19H22N4O2/c1-14-5-4-9-21-17(14)7-10-22-19(25)15-11-18(24)23(12-15)13-16-6-2-3-8-20-16/h2-6,8-9,15H,7,10-13H2,1H3,(H,22,25). The number of hydrogen-bond acceptors (Lipinski definition) is 4. The molecule has 1 aliphatic rings. The van der Waals surface area contributed by atoms with E-state index in [0.29, 0.717) is 26.1 Å². The Morgan fingerprint density at radius 1 is 1.24 bits per heavy atom. The summed E-state index contributed by atoms with van der Waals surface area (Å²) in [4.78, 5) is 34.7. The first-order chi connectivity index (χ1) is 12.1. The van der Waals surface area contributed by atoms with E-state index < -0.39 is 0 Å². The fraction of sp³-hybridized carbons (Fsp3) is 0.368. The number of pyridine rings is 2. The molecule has 0 aliphatic carbocycles. The van der Waals surface area contributed by atoms with Crippen LogP contribution in [0, 0.1) is 12.8 Å². The molecule has 0 radical (unpaired) electrons. The van der Waals surface area contributed by atoms with Gasteiger partial charge in [-0.05, 0) is 30.7 Å². The lowest BCUT2D eigenvalue weighted by Crippen LogP contribution is -2.34. The van der Waals surface area contributed by atoms with Crippen LogP contribution in [0.1, 0.15) is 23.4 Å². The second kappa shape index (κ2) is 7.88. The molecule has 6 heteroatoms. The summed E-state index contributed by atoms with van der Waals surface area (Å²) in [5.41, 5.74) is 2.94. The van der Waals surface area contributed by atoms with Crippen LogP contribution >= 0.6 is 0 Å². The molecule has 25 heavy (non-hydrogen) atoms. The fourth-order valence-electron chi connectivity index (χ4n) is 3.02. The summed E-state index contributed by atoms with van der Waals surface area (Å²) in [6.45, 7) is 3.44. The lowest BCUT2D eigenvalue weighted by atomic mass is 10.1. The van der Waals surface area contributed by atoms with E-state index in [1.807, 2.05) is 37.3 Å². The molecule has 0 spiro atoms. The summed E-state index contributed by atoms with van der Waals surface area (Å²) in [7, 11) is 0. The lowest BCUT2D eigenvalue weighted by molar-refractivity contribution is -0.129. The molecule has 2 aromatic heterocycles. The number of hydrogen-bond donors (Lipinski definition) is 1. The van der Waals surface area contributed by atoms with Crippen molar-refractivity contribution in [3.63, 3.8) is 0 Å². The van der Waals surface area contributed by atoms with Crippen LogP contribution in [0.25, 0.3) is 0 Å². The Hall–Kier alpha value is -2.76. The summed E-state index contributed by atoms with van der Waals surface area (Å²) in [5.74, 6) is -0.349. The van der Waals surface area contributed by atoms with Gasteiger partial charge in [-0.3, -0.25) is 19.6 Å². The van der Waals surface area contributed by atoms with Crippen molar-refractivity contribution in [2.24, 2.45) is 5.92 Å². The molecule has 1 saturated heterocycles. The Balaban J connectivity index is 1.48. The largest absolute Gasteiger partial charge is 0.355 e. The molecule has 0 saturated carbocycles. The van der Waals surface area contributed by atoms with Crippen molar-refractivity contribution < 1.29 is 9.59 Å². The molecule has 1 fully saturated rings. The summed E-state index contributed by atoms with van der Waals surface area (Å²) in [6, 6.07) is 9.53. The highest BCUT2D eigenvalue weighted by atomic mass is 16.2. The first-order valence-corrected chi connectivity index (χ1v) is 8.49. The van der Waals surface area contributed by atoms with Crippen molar-refractivity contribution in [1.29, 1.82) is 0 Å². The minimum absolute atomic E-state index is 0.00590. The van der Waals surface area contributed by atoms with Crippen LogP contribution in [0.2, 0.25) is 0 Å². The average molecular weight is 338 g/mol. The van der Waals surface area contributed by atoms with E-state index in [9.17, 15) is 9.59 Å². The number of amides is 2. The van der Waals surface area contributed by atoms with Crippen molar-refractivity contribution >= 4 is 11.8 Å². The van der Waals surface area contributed by atoms with Crippen molar-refractivity contribution in [1.82, 2.24) is 20.2 Å². The van der Waals surface area contributed by atoms with Crippen LogP contribution in [0.3, 0.4) is 0 Å². The maximum Gasteiger partial charge on any atom is 0.225 e. The van der Waals surface area contributed by atoms with Gasteiger partial charge in [-0.2, -0.15) is 0 Å². The lowest BCUT2D eigenvalue weighted by Gasteiger charge is -2.16. The molecule has 0 bridgehead atoms. The molecule has 3 heterocycles. The van der Waals surface area contributed by atoms with Gasteiger partial charge in [0.05, 0.1) is 18.2 Å². The van der Waals surface area contributed by atoms with Gasteiger partial charge in [0.25, 0.3) is 0 Å². The van der Waals surface area contributed by atoms with Gasteiger partial charge >= 0.3 is 0 Å². The van der Waals surface area contributed by atoms with E-state index in [1.165, 1.54) is 0 Å². The van der Waals surface area contributed by atoms with Gasteiger partial charge in [0, 0.05) is 44.0 Å². The Labute approximate surface area is 147 Å². The third kappa shape index (κ3) is 4.41. The molecule has 1 unspecified atom stereocenters. The number of likely N-dealkylation sites (tertiary alicyclic amines) is 1. The Morgan fingerprint density at radius 3 is 2.84 bits per heavy atom. The Bertz CT molecular complexity index is 748. The van der Waals surface area contributed by atoms with Gasteiger partial charge in [0.2, 0.25) is 11.8 Å². The Morgan fingerprint density at radius 2 is 2.08 bits per heavy atom. The number of carbonyl (C=O) groups is 2. The molecule has 2 amide bonds. The van der Waals surface area contributed by atoms with Crippen LogP contribution in [0.4, 0.5) is 0 Å². The number of aryl methyl sites for hydroxylation is 1. The van der Waals surface area contributed by atoms with E-state index >= 15 is 0 Å². The minimum Gasteiger partial charge on any atom is -0.355 e. The van der Waals surface area contributed by atoms with E-state index in [0.717, 1.165) is 17.0 Å². The molecule has 0 aromatic carbocycles. The van der Waals surface area contributed by atoms with Gasteiger partial charge in [0.15, 0.2) is 0 Å². The Kier molecular flexibility index (Phi) is 5.38. The van der Waals surface area contributed by atoms with E-state index in [1.54, 1.807) is 17.3 Å². The molecule has 3 rings (SSSR count). The summed E-state index contributed by atoms with van der Waals surface area (Å²) < 4.78 is 0. The predicted molar refractivity (Wildman–Crippen MR) is 93.4 cm³/mol. The SMILES string of the molecule is Cc1cccnc1CCNC(=O)C1CC(=O)N(Cc2ccccn2)C1. The maximum atomic E-state index is 12.3.